The van der Waals surface area contributed by atoms with Gasteiger partial charge in [-0.2, -0.15) is 0 Å². The number of methoxy groups -OCH3 is 1. The highest BCUT2D eigenvalue weighted by Crippen LogP contribution is 2.21. The van der Waals surface area contributed by atoms with Crippen molar-refractivity contribution in [2.24, 2.45) is 4.99 Å². The average molecular weight is 178 g/mol. The van der Waals surface area contributed by atoms with Crippen molar-refractivity contribution < 1.29 is 4.74 Å². The Morgan fingerprint density at radius 3 is 2.77 bits per heavy atom. The van der Waals surface area contributed by atoms with Crippen LogP contribution in [-0.2, 0) is 4.74 Å². The lowest BCUT2D eigenvalue weighted by Crippen LogP contribution is -2.22. The van der Waals surface area contributed by atoms with E-state index >= 15 is 0 Å². The molecule has 0 aromatic heterocycles. The van der Waals surface area contributed by atoms with E-state index in [4.69, 9.17) is 4.74 Å². The molecule has 3 nitrogen and oxygen atoms in total. The van der Waals surface area contributed by atoms with Gasteiger partial charge in [-0.3, -0.25) is 0 Å². The molecular formula is C10H14N2O. The van der Waals surface area contributed by atoms with Gasteiger partial charge >= 0.3 is 0 Å². The number of likely N-dealkylation sites (N-methyl/N-ethyl adjacent to an activating group) is 1. The van der Waals surface area contributed by atoms with Crippen LogP contribution in [0.3, 0.4) is 0 Å². The molecule has 13 heavy (non-hydrogen) atoms. The minimum Gasteiger partial charge on any atom is -0.495 e. The second-order valence-corrected chi connectivity index (χ2v) is 2.89. The van der Waals surface area contributed by atoms with E-state index in [9.17, 15) is 0 Å². The van der Waals surface area contributed by atoms with Gasteiger partial charge in [-0.25, -0.2) is 4.99 Å². The smallest absolute Gasteiger partial charge is 0.135 e. The molecule has 0 aromatic carbocycles. The molecule has 0 fully saturated rings. The highest BCUT2D eigenvalue weighted by Gasteiger charge is 2.15. The minimum atomic E-state index is 0.623. The molecule has 0 unspecified atom stereocenters. The number of nitrogens with zero attached hydrogens (tertiary/aromatic N) is 2. The van der Waals surface area contributed by atoms with Crippen molar-refractivity contribution in [1.82, 2.24) is 4.90 Å². The van der Waals surface area contributed by atoms with Crippen molar-refractivity contribution in [1.29, 1.82) is 0 Å². The van der Waals surface area contributed by atoms with Crippen LogP contribution in [0.15, 0.2) is 41.5 Å². The Labute approximate surface area is 78.7 Å². The SMILES string of the molecule is C=C(OC)C1=CC(C)=NC(=C)N1C. The fraction of sp³-hybridized carbons (Fsp3) is 0.300. The summed E-state index contributed by atoms with van der Waals surface area (Å²) in [5.41, 5.74) is 1.82. The van der Waals surface area contributed by atoms with Gasteiger partial charge in [0.2, 0.25) is 0 Å². The van der Waals surface area contributed by atoms with Crippen molar-refractivity contribution in [2.45, 2.75) is 6.92 Å². The van der Waals surface area contributed by atoms with Gasteiger partial charge in [0, 0.05) is 12.8 Å². The summed E-state index contributed by atoms with van der Waals surface area (Å²) in [4.78, 5) is 6.05. The molecule has 1 rings (SSSR count). The summed E-state index contributed by atoms with van der Waals surface area (Å²) in [5.74, 6) is 1.33. The topological polar surface area (TPSA) is 24.8 Å². The Bertz CT molecular complexity index is 313. The van der Waals surface area contributed by atoms with Gasteiger partial charge in [-0.1, -0.05) is 13.2 Å². The highest BCUT2D eigenvalue weighted by molar-refractivity contribution is 5.95. The van der Waals surface area contributed by atoms with Gasteiger partial charge in [0.05, 0.1) is 12.8 Å². The number of allylic oxidation sites excluding steroid dienone is 1. The number of hydrogen-bond donors (Lipinski definition) is 0. The van der Waals surface area contributed by atoms with E-state index in [1.807, 2.05) is 24.9 Å². The normalized spacial score (nSPS) is 16.5. The number of hydrogen-bond acceptors (Lipinski definition) is 3. The molecule has 3 heteroatoms. The van der Waals surface area contributed by atoms with Gasteiger partial charge in [-0.05, 0) is 13.0 Å². The molecule has 0 atom stereocenters. The number of rotatable bonds is 2. The summed E-state index contributed by atoms with van der Waals surface area (Å²) < 4.78 is 5.06. The molecule has 0 saturated carbocycles. The molecule has 0 bridgehead atoms. The van der Waals surface area contributed by atoms with Gasteiger partial charge in [0.15, 0.2) is 0 Å². The first kappa shape index (κ1) is 9.58. The van der Waals surface area contributed by atoms with Crippen LogP contribution >= 0.6 is 0 Å². The quantitative estimate of drug-likeness (QED) is 0.603. The predicted molar refractivity (Wildman–Crippen MR) is 54.2 cm³/mol. The molecule has 0 amide bonds. The predicted octanol–water partition coefficient (Wildman–Crippen LogP) is 1.91. The number of ether oxygens (including phenoxy) is 1. The molecule has 1 aliphatic heterocycles. The first-order chi connectivity index (χ1) is 6.06. The molecule has 0 spiro atoms. The lowest BCUT2D eigenvalue weighted by Gasteiger charge is -2.26. The van der Waals surface area contributed by atoms with Gasteiger partial charge in [-0.15, -0.1) is 0 Å². The van der Waals surface area contributed by atoms with Crippen LogP contribution in [-0.4, -0.2) is 24.8 Å². The third kappa shape index (κ3) is 1.80. The van der Waals surface area contributed by atoms with E-state index in [1.165, 1.54) is 0 Å². The van der Waals surface area contributed by atoms with Crippen LogP contribution in [0.25, 0.3) is 0 Å². The second kappa shape index (κ2) is 3.47. The second-order valence-electron chi connectivity index (χ2n) is 2.89. The Balaban J connectivity index is 3.01. The van der Waals surface area contributed by atoms with E-state index in [0.29, 0.717) is 11.6 Å². The molecule has 0 aromatic rings. The van der Waals surface area contributed by atoms with E-state index in [2.05, 4.69) is 18.2 Å². The van der Waals surface area contributed by atoms with Gasteiger partial charge in [0.1, 0.15) is 11.6 Å². The first-order valence-electron chi connectivity index (χ1n) is 3.99. The lowest BCUT2D eigenvalue weighted by molar-refractivity contribution is 0.281. The molecule has 1 heterocycles. The molecule has 0 N–H and O–H groups in total. The summed E-state index contributed by atoms with van der Waals surface area (Å²) in [5, 5.41) is 0. The zero-order valence-electron chi connectivity index (χ0n) is 8.29. The van der Waals surface area contributed by atoms with Gasteiger partial charge < -0.3 is 9.64 Å². The molecule has 70 valence electrons. The van der Waals surface area contributed by atoms with Crippen molar-refractivity contribution in [3.63, 3.8) is 0 Å². The van der Waals surface area contributed by atoms with Crippen molar-refractivity contribution in [3.05, 3.63) is 36.5 Å². The molecule has 1 aliphatic rings. The van der Waals surface area contributed by atoms with E-state index in [1.54, 1.807) is 7.11 Å². The summed E-state index contributed by atoms with van der Waals surface area (Å²) in [6.45, 7) is 9.52. The van der Waals surface area contributed by atoms with Gasteiger partial charge in [0.25, 0.3) is 0 Å². The Morgan fingerprint density at radius 2 is 2.23 bits per heavy atom. The Morgan fingerprint density at radius 1 is 1.62 bits per heavy atom. The van der Waals surface area contributed by atoms with Crippen molar-refractivity contribution in [3.8, 4) is 0 Å². The fourth-order valence-corrected chi connectivity index (χ4v) is 1.12. The largest absolute Gasteiger partial charge is 0.495 e. The third-order valence-electron chi connectivity index (χ3n) is 1.93. The highest BCUT2D eigenvalue weighted by atomic mass is 16.5. The first-order valence-corrected chi connectivity index (χ1v) is 3.99. The average Bonchev–Trinajstić information content (AvgIpc) is 2.10. The molecule has 0 radical (unpaired) electrons. The monoisotopic (exact) mass is 178 g/mol. The summed E-state index contributed by atoms with van der Waals surface area (Å²) in [7, 11) is 3.48. The van der Waals surface area contributed by atoms with Crippen LogP contribution in [0, 0.1) is 0 Å². The number of aliphatic imine (C=N–C) groups is 1. The summed E-state index contributed by atoms with van der Waals surface area (Å²) in [6, 6.07) is 0. The minimum absolute atomic E-state index is 0.623. The van der Waals surface area contributed by atoms with E-state index in [0.717, 1.165) is 11.4 Å². The standard InChI is InChI=1S/C10H14N2O/c1-7-6-10(8(2)13-5)12(4)9(3)11-7/h6H,2-3H2,1,4-5H3. The third-order valence-corrected chi connectivity index (χ3v) is 1.93. The van der Waals surface area contributed by atoms with Crippen molar-refractivity contribution in [2.75, 3.05) is 14.2 Å². The maximum Gasteiger partial charge on any atom is 0.135 e. The maximum atomic E-state index is 5.06. The lowest BCUT2D eigenvalue weighted by atomic mass is 10.2. The fourth-order valence-electron chi connectivity index (χ4n) is 1.12. The molecule has 0 saturated heterocycles. The van der Waals surface area contributed by atoms with E-state index in [-0.39, 0.29) is 0 Å². The van der Waals surface area contributed by atoms with Crippen LogP contribution < -0.4 is 0 Å². The Kier molecular flexibility index (Phi) is 2.56. The summed E-state index contributed by atoms with van der Waals surface area (Å²) in [6.07, 6.45) is 1.92. The molecular weight excluding hydrogens is 164 g/mol. The van der Waals surface area contributed by atoms with Crippen LogP contribution in [0.4, 0.5) is 0 Å². The molecule has 0 aliphatic carbocycles. The van der Waals surface area contributed by atoms with Crippen molar-refractivity contribution >= 4 is 5.71 Å². The zero-order chi connectivity index (χ0) is 10.0. The Hall–Kier alpha value is -1.51. The van der Waals surface area contributed by atoms with E-state index < -0.39 is 0 Å². The zero-order valence-corrected chi connectivity index (χ0v) is 8.29. The summed E-state index contributed by atoms with van der Waals surface area (Å²) >= 11 is 0. The van der Waals surface area contributed by atoms with Crippen LogP contribution in [0.1, 0.15) is 6.92 Å². The maximum absolute atomic E-state index is 5.06. The van der Waals surface area contributed by atoms with Crippen LogP contribution in [0.2, 0.25) is 0 Å². The van der Waals surface area contributed by atoms with Crippen LogP contribution in [0.5, 0.6) is 0 Å².